The third-order valence-electron chi connectivity index (χ3n) is 7.61. The standard InChI is InChI=1S/C18H18NO3.3C4H9.Sn/c20-18-19(11-12-21-13-15-7-3-1-4-8-15)17(14-22-18)16-9-5-2-6-10-16;3*1-3-4-2;/h1-11,17H,12-14H2;3*1,3-4H2,2H3;/t17-;;;;/m1..../s1. The molecule has 2 atom stereocenters. The van der Waals surface area contributed by atoms with Gasteiger partial charge in [-0.05, 0) is 0 Å². The van der Waals surface area contributed by atoms with E-state index >= 15 is 0 Å². The van der Waals surface area contributed by atoms with Crippen molar-refractivity contribution >= 4 is 24.5 Å². The van der Waals surface area contributed by atoms with Crippen LogP contribution in [-0.2, 0) is 16.1 Å². The second-order valence-electron chi connectivity index (χ2n) is 10.1. The molecule has 0 bridgehead atoms. The number of benzene rings is 2. The van der Waals surface area contributed by atoms with Crippen LogP contribution in [0.4, 0.5) is 4.79 Å². The third-order valence-corrected chi connectivity index (χ3v) is 24.5. The van der Waals surface area contributed by atoms with Crippen molar-refractivity contribution in [2.24, 2.45) is 0 Å². The monoisotopic (exact) mass is 587 g/mol. The zero-order chi connectivity index (χ0) is 24.9. The van der Waals surface area contributed by atoms with E-state index in [9.17, 15) is 4.79 Å². The van der Waals surface area contributed by atoms with Gasteiger partial charge in [0.2, 0.25) is 0 Å². The zero-order valence-corrected chi connectivity index (χ0v) is 24.9. The summed E-state index contributed by atoms with van der Waals surface area (Å²) in [6, 6.07) is 20.8. The Morgan fingerprint density at radius 2 is 1.43 bits per heavy atom. The fraction of sp³-hybridized carbons (Fsp3) is 0.567. The SMILES string of the molecule is CCC[CH2][Sn]([CH2]CCC)([CH2]CCC)[C@H](COCc1ccccc1)N1C(=O)OC[C@@H]1c1ccccc1. The molecule has 0 spiro atoms. The van der Waals surface area contributed by atoms with Crippen LogP contribution < -0.4 is 0 Å². The van der Waals surface area contributed by atoms with Crippen LogP contribution in [0.3, 0.4) is 0 Å². The number of carbonyl (C=O) groups excluding carboxylic acids is 1. The Labute approximate surface area is 217 Å². The van der Waals surface area contributed by atoms with E-state index in [4.69, 9.17) is 9.47 Å². The van der Waals surface area contributed by atoms with Crippen molar-refractivity contribution in [2.45, 2.75) is 89.3 Å². The molecule has 1 heterocycles. The maximum atomic E-state index is 13.4. The van der Waals surface area contributed by atoms with Crippen molar-refractivity contribution in [1.82, 2.24) is 4.90 Å². The summed E-state index contributed by atoms with van der Waals surface area (Å²) in [5.41, 5.74) is 2.36. The van der Waals surface area contributed by atoms with Crippen LogP contribution in [0, 0.1) is 0 Å². The van der Waals surface area contributed by atoms with Crippen LogP contribution in [-0.4, -0.2) is 46.6 Å². The van der Waals surface area contributed by atoms with Crippen molar-refractivity contribution < 1.29 is 14.3 Å². The van der Waals surface area contributed by atoms with Gasteiger partial charge in [0.1, 0.15) is 0 Å². The van der Waals surface area contributed by atoms with Gasteiger partial charge in [-0.3, -0.25) is 0 Å². The topological polar surface area (TPSA) is 38.8 Å². The molecule has 2 aromatic carbocycles. The van der Waals surface area contributed by atoms with Crippen LogP contribution in [0.2, 0.25) is 13.3 Å². The normalized spacial score (nSPS) is 16.9. The van der Waals surface area contributed by atoms with E-state index in [0.29, 0.717) is 19.8 Å². The molecule has 1 amide bonds. The fourth-order valence-corrected chi connectivity index (χ4v) is 23.5. The minimum atomic E-state index is -2.90. The molecule has 1 saturated heterocycles. The van der Waals surface area contributed by atoms with Gasteiger partial charge in [-0.15, -0.1) is 0 Å². The minimum absolute atomic E-state index is 0.0185. The van der Waals surface area contributed by atoms with Gasteiger partial charge >= 0.3 is 218 Å². The molecule has 0 radical (unpaired) electrons. The number of hydrogen-bond donors (Lipinski definition) is 0. The quantitative estimate of drug-likeness (QED) is 0.187. The molecule has 0 N–H and O–H groups in total. The Bertz CT molecular complexity index is 839. The number of cyclic esters (lactones) is 1. The first-order valence-corrected chi connectivity index (χ1v) is 21.5. The molecule has 192 valence electrons. The van der Waals surface area contributed by atoms with E-state index in [1.807, 2.05) is 12.1 Å². The number of hydrogen-bond acceptors (Lipinski definition) is 3. The van der Waals surface area contributed by atoms with E-state index in [-0.39, 0.29) is 16.2 Å². The van der Waals surface area contributed by atoms with Gasteiger partial charge in [0.25, 0.3) is 0 Å². The Morgan fingerprint density at radius 1 is 0.886 bits per heavy atom. The van der Waals surface area contributed by atoms with E-state index < -0.39 is 18.4 Å². The summed E-state index contributed by atoms with van der Waals surface area (Å²) in [6.07, 6.45) is 7.27. The van der Waals surface area contributed by atoms with Crippen molar-refractivity contribution in [1.29, 1.82) is 0 Å². The van der Waals surface area contributed by atoms with Gasteiger partial charge in [-0.2, -0.15) is 0 Å². The van der Waals surface area contributed by atoms with E-state index in [2.05, 4.69) is 74.2 Å². The molecule has 1 aliphatic rings. The predicted molar refractivity (Wildman–Crippen MR) is 147 cm³/mol. The van der Waals surface area contributed by atoms with Gasteiger partial charge in [-0.1, -0.05) is 0 Å². The summed E-state index contributed by atoms with van der Waals surface area (Å²) >= 11 is -2.90. The van der Waals surface area contributed by atoms with Gasteiger partial charge in [-0.25, -0.2) is 0 Å². The molecule has 35 heavy (non-hydrogen) atoms. The van der Waals surface area contributed by atoms with Gasteiger partial charge < -0.3 is 0 Å². The van der Waals surface area contributed by atoms with E-state index in [1.54, 1.807) is 0 Å². The molecule has 2 aromatic rings. The van der Waals surface area contributed by atoms with Crippen LogP contribution in [0.5, 0.6) is 0 Å². The molecule has 0 aliphatic carbocycles. The van der Waals surface area contributed by atoms with Crippen molar-refractivity contribution in [3.63, 3.8) is 0 Å². The molecule has 0 unspecified atom stereocenters. The molecule has 5 heteroatoms. The molecule has 3 rings (SSSR count). The first kappa shape index (κ1) is 28.0. The van der Waals surface area contributed by atoms with Gasteiger partial charge in [0.05, 0.1) is 0 Å². The molecular weight excluding hydrogens is 541 g/mol. The summed E-state index contributed by atoms with van der Waals surface area (Å²) < 4.78 is 16.4. The molecule has 0 saturated carbocycles. The third kappa shape index (κ3) is 7.72. The summed E-state index contributed by atoms with van der Waals surface area (Å²) in [5, 5.41) is 0. The Morgan fingerprint density at radius 3 is 1.97 bits per heavy atom. The maximum absolute atomic E-state index is 13.4. The molecule has 1 fully saturated rings. The van der Waals surface area contributed by atoms with Crippen molar-refractivity contribution in [3.8, 4) is 0 Å². The van der Waals surface area contributed by atoms with Crippen molar-refractivity contribution in [3.05, 3.63) is 71.8 Å². The predicted octanol–water partition coefficient (Wildman–Crippen LogP) is 8.15. The Kier molecular flexibility index (Phi) is 11.9. The van der Waals surface area contributed by atoms with E-state index in [1.165, 1.54) is 63.0 Å². The van der Waals surface area contributed by atoms with Crippen molar-refractivity contribution in [2.75, 3.05) is 13.2 Å². The second kappa shape index (κ2) is 14.9. The Balaban J connectivity index is 1.97. The Hall–Kier alpha value is -1.53. The van der Waals surface area contributed by atoms with Crippen LogP contribution >= 0.6 is 0 Å². The average molecular weight is 586 g/mol. The number of rotatable bonds is 16. The number of nitrogens with zero attached hydrogens (tertiary/aromatic N) is 1. The summed E-state index contributed by atoms with van der Waals surface area (Å²) in [4.78, 5) is 15.5. The fourth-order valence-electron chi connectivity index (χ4n) is 5.58. The number of ether oxygens (including phenoxy) is 2. The number of unbranched alkanes of at least 4 members (excludes halogenated alkanes) is 3. The average Bonchev–Trinajstić information content (AvgIpc) is 3.28. The van der Waals surface area contributed by atoms with Crippen LogP contribution in [0.25, 0.3) is 0 Å². The number of amides is 1. The van der Waals surface area contributed by atoms with E-state index in [0.717, 1.165) is 0 Å². The first-order chi connectivity index (χ1) is 17.1. The first-order valence-electron chi connectivity index (χ1n) is 13.8. The van der Waals surface area contributed by atoms with Crippen LogP contribution in [0.1, 0.15) is 76.5 Å². The molecule has 1 aliphatic heterocycles. The molecular formula is C30H45NO3Sn. The molecule has 4 nitrogen and oxygen atoms in total. The van der Waals surface area contributed by atoms with Crippen LogP contribution in [0.15, 0.2) is 60.7 Å². The summed E-state index contributed by atoms with van der Waals surface area (Å²) in [6.45, 7) is 8.56. The van der Waals surface area contributed by atoms with Gasteiger partial charge in [0, 0.05) is 0 Å². The molecule has 0 aromatic heterocycles. The summed E-state index contributed by atoms with van der Waals surface area (Å²) in [5.74, 6) is 0. The number of carbonyl (C=O) groups is 1. The summed E-state index contributed by atoms with van der Waals surface area (Å²) in [7, 11) is 0. The van der Waals surface area contributed by atoms with Gasteiger partial charge in [0.15, 0.2) is 0 Å². The second-order valence-corrected chi connectivity index (χ2v) is 24.1. The zero-order valence-electron chi connectivity index (χ0n) is 22.1.